The number of H-pyrrole nitrogens is 1. The van der Waals surface area contributed by atoms with Crippen molar-refractivity contribution < 1.29 is 4.42 Å². The zero-order chi connectivity index (χ0) is 10.7. The largest absolute Gasteiger partial charge is 0.454 e. The minimum Gasteiger partial charge on any atom is -0.454 e. The highest BCUT2D eigenvalue weighted by Crippen LogP contribution is 2.09. The molecule has 0 saturated heterocycles. The number of rotatable bonds is 4. The molecule has 0 unspecified atom stereocenters. The quantitative estimate of drug-likeness (QED) is 0.839. The van der Waals surface area contributed by atoms with Gasteiger partial charge in [-0.1, -0.05) is 11.3 Å². The van der Waals surface area contributed by atoms with E-state index in [1.807, 2.05) is 17.5 Å². The van der Waals surface area contributed by atoms with Crippen LogP contribution in [0, 0.1) is 3.77 Å². The minimum absolute atomic E-state index is 0.0145. The van der Waals surface area contributed by atoms with Crippen LogP contribution in [0.1, 0.15) is 11.5 Å². The van der Waals surface area contributed by atoms with Gasteiger partial charge in [0, 0.05) is 17.6 Å². The first kappa shape index (κ1) is 10.9. The Morgan fingerprint density at radius 3 is 2.93 bits per heavy atom. The van der Waals surface area contributed by atoms with Crippen LogP contribution < -0.4 is 10.2 Å². The van der Waals surface area contributed by atoms with Gasteiger partial charge in [-0.05, 0) is 34.7 Å². The zero-order valence-corrected chi connectivity index (χ0v) is 10.7. The van der Waals surface area contributed by atoms with Gasteiger partial charge in [0.15, 0.2) is 3.77 Å². The fraction of sp³-hybridized carbons (Fsp3) is 0.222. The molecule has 0 aromatic carbocycles. The standard InChI is InChI=1S/C9H9IN2O2S/c10-8-2-1-7(14-8)4-11-3-6-5-15-9(13)12-6/h1-2,5,11H,3-4H2,(H,12,13). The van der Waals surface area contributed by atoms with Crippen molar-refractivity contribution in [3.05, 3.63) is 42.4 Å². The van der Waals surface area contributed by atoms with E-state index in [9.17, 15) is 4.79 Å². The molecule has 0 bridgehead atoms. The maximum Gasteiger partial charge on any atom is 0.304 e. The average Bonchev–Trinajstić information content (AvgIpc) is 2.76. The molecular weight excluding hydrogens is 327 g/mol. The molecule has 0 spiro atoms. The molecule has 2 rings (SSSR count). The van der Waals surface area contributed by atoms with Gasteiger partial charge in [0.2, 0.25) is 0 Å². The molecule has 2 aromatic heterocycles. The lowest BCUT2D eigenvalue weighted by atomic mass is 10.4. The summed E-state index contributed by atoms with van der Waals surface area (Å²) in [6.07, 6.45) is 0. The van der Waals surface area contributed by atoms with Crippen LogP contribution in [0.2, 0.25) is 0 Å². The number of thiazole rings is 1. The lowest BCUT2D eigenvalue weighted by molar-refractivity contribution is 0.462. The Morgan fingerprint density at radius 1 is 1.47 bits per heavy atom. The van der Waals surface area contributed by atoms with Gasteiger partial charge < -0.3 is 14.7 Å². The molecule has 15 heavy (non-hydrogen) atoms. The maximum atomic E-state index is 10.8. The van der Waals surface area contributed by atoms with Crippen LogP contribution in [0.4, 0.5) is 0 Å². The third-order valence-electron chi connectivity index (χ3n) is 1.81. The van der Waals surface area contributed by atoms with Crippen molar-refractivity contribution in [1.82, 2.24) is 10.3 Å². The average molecular weight is 336 g/mol. The van der Waals surface area contributed by atoms with Gasteiger partial charge in [-0.25, -0.2) is 0 Å². The number of hydrogen-bond acceptors (Lipinski definition) is 4. The third kappa shape index (κ3) is 3.18. The summed E-state index contributed by atoms with van der Waals surface area (Å²) in [6, 6.07) is 3.86. The predicted molar refractivity (Wildman–Crippen MR) is 66.9 cm³/mol. The van der Waals surface area contributed by atoms with Crippen molar-refractivity contribution >= 4 is 33.9 Å². The topological polar surface area (TPSA) is 58.0 Å². The molecule has 2 aromatic rings. The Kier molecular flexibility index (Phi) is 3.60. The molecule has 80 valence electrons. The fourth-order valence-electron chi connectivity index (χ4n) is 1.17. The summed E-state index contributed by atoms with van der Waals surface area (Å²) in [4.78, 5) is 13.6. The Morgan fingerprint density at radius 2 is 2.33 bits per heavy atom. The third-order valence-corrected chi connectivity index (χ3v) is 3.11. The van der Waals surface area contributed by atoms with Crippen molar-refractivity contribution in [3.63, 3.8) is 0 Å². The number of aromatic amines is 1. The van der Waals surface area contributed by atoms with Crippen LogP contribution in [0.15, 0.2) is 26.7 Å². The van der Waals surface area contributed by atoms with E-state index in [4.69, 9.17) is 4.42 Å². The second-order valence-electron chi connectivity index (χ2n) is 2.98. The van der Waals surface area contributed by atoms with E-state index >= 15 is 0 Å². The van der Waals surface area contributed by atoms with Gasteiger partial charge in [-0.2, -0.15) is 0 Å². The van der Waals surface area contributed by atoms with E-state index in [-0.39, 0.29) is 4.87 Å². The SMILES string of the molecule is O=c1[nH]c(CNCc2ccc(I)o2)cs1. The highest BCUT2D eigenvalue weighted by molar-refractivity contribution is 14.1. The molecule has 0 aliphatic carbocycles. The number of furan rings is 1. The van der Waals surface area contributed by atoms with Crippen LogP contribution in [-0.2, 0) is 13.1 Å². The highest BCUT2D eigenvalue weighted by atomic mass is 127. The molecule has 0 atom stereocenters. The summed E-state index contributed by atoms with van der Waals surface area (Å²) in [5.41, 5.74) is 0.909. The summed E-state index contributed by atoms with van der Waals surface area (Å²) in [6.45, 7) is 1.32. The Bertz CT molecular complexity index is 488. The summed E-state index contributed by atoms with van der Waals surface area (Å²) in [5, 5.41) is 5.00. The number of halogens is 1. The molecule has 0 aliphatic heterocycles. The molecule has 0 saturated carbocycles. The Hall–Kier alpha value is -0.600. The van der Waals surface area contributed by atoms with E-state index in [1.165, 1.54) is 11.3 Å². The van der Waals surface area contributed by atoms with E-state index in [0.29, 0.717) is 13.1 Å². The Labute approximate surface area is 104 Å². The molecular formula is C9H9IN2O2S. The monoisotopic (exact) mass is 336 g/mol. The van der Waals surface area contributed by atoms with E-state index in [0.717, 1.165) is 15.2 Å². The fourth-order valence-corrected chi connectivity index (χ4v) is 2.21. The van der Waals surface area contributed by atoms with Crippen LogP contribution in [0.5, 0.6) is 0 Å². The summed E-state index contributed by atoms with van der Waals surface area (Å²) in [7, 11) is 0. The lowest BCUT2D eigenvalue weighted by Gasteiger charge is -1.99. The molecule has 0 aliphatic rings. The summed E-state index contributed by atoms with van der Waals surface area (Å²) in [5.74, 6) is 0.900. The predicted octanol–water partition coefficient (Wildman–Crippen LogP) is 1.92. The Balaban J connectivity index is 1.82. The normalized spacial score (nSPS) is 10.7. The minimum atomic E-state index is -0.0145. The molecule has 2 heterocycles. The highest BCUT2D eigenvalue weighted by Gasteiger charge is 2.00. The van der Waals surface area contributed by atoms with Gasteiger partial charge in [0.25, 0.3) is 0 Å². The van der Waals surface area contributed by atoms with Crippen molar-refractivity contribution in [2.45, 2.75) is 13.1 Å². The van der Waals surface area contributed by atoms with Gasteiger partial charge in [0.1, 0.15) is 5.76 Å². The number of hydrogen-bond donors (Lipinski definition) is 2. The van der Waals surface area contributed by atoms with E-state index in [1.54, 1.807) is 0 Å². The molecule has 0 radical (unpaired) electrons. The first-order valence-electron chi connectivity index (χ1n) is 4.35. The van der Waals surface area contributed by atoms with Gasteiger partial charge in [0.05, 0.1) is 6.54 Å². The number of nitrogens with one attached hydrogen (secondary N) is 2. The summed E-state index contributed by atoms with van der Waals surface area (Å²) < 4.78 is 6.26. The zero-order valence-electron chi connectivity index (χ0n) is 7.75. The maximum absolute atomic E-state index is 10.8. The molecule has 4 nitrogen and oxygen atoms in total. The van der Waals surface area contributed by atoms with Gasteiger partial charge in [-0.3, -0.25) is 4.79 Å². The van der Waals surface area contributed by atoms with E-state index in [2.05, 4.69) is 32.9 Å². The second kappa shape index (κ2) is 4.95. The van der Waals surface area contributed by atoms with Gasteiger partial charge in [-0.15, -0.1) is 0 Å². The molecule has 2 N–H and O–H groups in total. The van der Waals surface area contributed by atoms with Crippen molar-refractivity contribution in [2.75, 3.05) is 0 Å². The first-order chi connectivity index (χ1) is 7.24. The first-order valence-corrected chi connectivity index (χ1v) is 6.31. The molecule has 6 heteroatoms. The van der Waals surface area contributed by atoms with Crippen molar-refractivity contribution in [3.8, 4) is 0 Å². The van der Waals surface area contributed by atoms with Crippen molar-refractivity contribution in [2.24, 2.45) is 0 Å². The smallest absolute Gasteiger partial charge is 0.304 e. The second-order valence-corrected chi connectivity index (χ2v) is 4.89. The van der Waals surface area contributed by atoms with Crippen molar-refractivity contribution in [1.29, 1.82) is 0 Å². The van der Waals surface area contributed by atoms with Crippen LogP contribution in [0.25, 0.3) is 0 Å². The summed E-state index contributed by atoms with van der Waals surface area (Å²) >= 11 is 3.31. The molecule has 0 fully saturated rings. The van der Waals surface area contributed by atoms with E-state index < -0.39 is 0 Å². The van der Waals surface area contributed by atoms with Crippen LogP contribution in [0.3, 0.4) is 0 Å². The van der Waals surface area contributed by atoms with Gasteiger partial charge >= 0.3 is 4.87 Å². The lowest BCUT2D eigenvalue weighted by Crippen LogP contribution is -2.13. The number of aromatic nitrogens is 1. The molecule has 0 amide bonds. The van der Waals surface area contributed by atoms with Crippen LogP contribution in [-0.4, -0.2) is 4.98 Å². The van der Waals surface area contributed by atoms with Crippen LogP contribution >= 0.6 is 33.9 Å².